The molecule has 9 nitrogen and oxygen atoms in total. The highest BCUT2D eigenvalue weighted by molar-refractivity contribution is 6.04. The molecule has 7 atom stereocenters. The fourth-order valence-electron chi connectivity index (χ4n) is 7.61. The third kappa shape index (κ3) is 4.18. The van der Waals surface area contributed by atoms with Crippen LogP contribution in [0.4, 0.5) is 18.9 Å². The smallest absolute Gasteiger partial charge is 0.339 e. The number of rotatable bonds is 6. The normalized spacial score (nSPS) is 30.4. The summed E-state index contributed by atoms with van der Waals surface area (Å²) in [5.41, 5.74) is -0.209. The molecule has 1 spiro atoms. The number of alkyl halides is 3. The van der Waals surface area contributed by atoms with Gasteiger partial charge >= 0.3 is 12.1 Å². The van der Waals surface area contributed by atoms with Crippen molar-refractivity contribution in [3.63, 3.8) is 0 Å². The van der Waals surface area contributed by atoms with E-state index in [9.17, 15) is 37.6 Å². The second kappa shape index (κ2) is 8.94. The molecule has 1 aromatic carbocycles. The zero-order chi connectivity index (χ0) is 30.4. The molecule has 4 amide bonds. The van der Waals surface area contributed by atoms with Crippen LogP contribution in [0.15, 0.2) is 24.3 Å². The molecule has 4 aliphatic rings. The molecule has 1 unspecified atom stereocenters. The van der Waals surface area contributed by atoms with E-state index in [1.165, 1.54) is 9.80 Å². The zero-order valence-corrected chi connectivity index (χ0v) is 23.8. The number of nitrogens with zero attached hydrogens (tertiary/aromatic N) is 3. The lowest BCUT2D eigenvalue weighted by Crippen LogP contribution is -2.61. The number of halogens is 3. The first kappa shape index (κ1) is 28.9. The van der Waals surface area contributed by atoms with Crippen molar-refractivity contribution in [2.24, 2.45) is 22.2 Å². The molecule has 1 aromatic rings. The average molecular weight is 574 g/mol. The predicted octanol–water partition coefficient (Wildman–Crippen LogP) is 2.86. The maximum atomic E-state index is 13.9. The van der Waals surface area contributed by atoms with Gasteiger partial charge in [-0.3, -0.25) is 19.2 Å². The Kier molecular flexibility index (Phi) is 6.30. The van der Waals surface area contributed by atoms with Crippen LogP contribution in [0.1, 0.15) is 58.9 Å². The van der Waals surface area contributed by atoms with E-state index in [2.05, 4.69) is 11.4 Å². The Labute approximate surface area is 236 Å². The van der Waals surface area contributed by atoms with Crippen molar-refractivity contribution >= 4 is 29.3 Å². The fraction of sp³-hybridized carbons (Fsp3) is 0.621. The number of hydrogen-bond acceptors (Lipinski definition) is 5. The molecule has 41 heavy (non-hydrogen) atoms. The molecule has 0 radical (unpaired) electrons. The molecule has 1 saturated heterocycles. The Morgan fingerprint density at radius 1 is 1.15 bits per heavy atom. The van der Waals surface area contributed by atoms with Gasteiger partial charge < -0.3 is 20.4 Å². The molecule has 2 heterocycles. The molecule has 2 saturated carbocycles. The van der Waals surface area contributed by atoms with E-state index in [0.717, 1.165) is 11.3 Å². The van der Waals surface area contributed by atoms with Crippen molar-refractivity contribution < 1.29 is 32.3 Å². The summed E-state index contributed by atoms with van der Waals surface area (Å²) in [6.45, 7) is 8.63. The molecule has 220 valence electrons. The largest absolute Gasteiger partial charge is 0.471 e. The van der Waals surface area contributed by atoms with E-state index in [0.29, 0.717) is 6.42 Å². The fourth-order valence-corrected chi connectivity index (χ4v) is 7.61. The van der Waals surface area contributed by atoms with E-state index < -0.39 is 53.4 Å². The minimum Gasteiger partial charge on any atom is -0.339 e. The maximum absolute atomic E-state index is 13.9. The van der Waals surface area contributed by atoms with E-state index in [-0.39, 0.29) is 35.1 Å². The molecule has 0 aromatic heterocycles. The van der Waals surface area contributed by atoms with Crippen molar-refractivity contribution in [1.82, 2.24) is 15.5 Å². The summed E-state index contributed by atoms with van der Waals surface area (Å²) in [6.07, 6.45) is -4.54. The standard InChI is InChI=1S/C29H34F3N5O4/c1-26(2,3)21(35-25(41)29(30,31)32)24(40)37-18-12-28(18)20(27(28,4)5)19(37)22(38)34-14(13-33)11-16-15-9-7-8-10-17(15)36(6)23(16)39/h7-10,14,16,18-21H,11-12H2,1-6H3,(H,34,38)(H,35,41)/t14-,16?,18-,19+,20+,21-,28-/m1/s1. The van der Waals surface area contributed by atoms with Gasteiger partial charge in [0.1, 0.15) is 18.1 Å². The summed E-state index contributed by atoms with van der Waals surface area (Å²) < 4.78 is 39.4. The Morgan fingerprint density at radius 3 is 2.37 bits per heavy atom. The highest BCUT2D eigenvalue weighted by Crippen LogP contribution is 2.88. The molecule has 5 rings (SSSR count). The van der Waals surface area contributed by atoms with Crippen LogP contribution in [0.2, 0.25) is 0 Å². The molecule has 12 heteroatoms. The Morgan fingerprint density at radius 2 is 1.78 bits per heavy atom. The van der Waals surface area contributed by atoms with Crippen LogP contribution in [0.3, 0.4) is 0 Å². The van der Waals surface area contributed by atoms with Crippen molar-refractivity contribution in [3.8, 4) is 6.07 Å². The summed E-state index contributed by atoms with van der Waals surface area (Å²) in [6, 6.07) is 5.33. The Bertz CT molecular complexity index is 1380. The topological polar surface area (TPSA) is 123 Å². The van der Waals surface area contributed by atoms with E-state index in [1.54, 1.807) is 52.1 Å². The number of anilines is 1. The number of nitrogens with one attached hydrogen (secondary N) is 2. The zero-order valence-electron chi connectivity index (χ0n) is 23.8. The van der Waals surface area contributed by atoms with Crippen molar-refractivity contribution in [2.45, 2.75) is 83.7 Å². The van der Waals surface area contributed by atoms with E-state index >= 15 is 0 Å². The number of likely N-dealkylation sites (N-methyl/N-ethyl adjacent to an activating group) is 1. The molecular formula is C29H34F3N5O4. The van der Waals surface area contributed by atoms with Crippen LogP contribution in [0.5, 0.6) is 0 Å². The van der Waals surface area contributed by atoms with Gasteiger partial charge in [0.2, 0.25) is 17.7 Å². The summed E-state index contributed by atoms with van der Waals surface area (Å²) >= 11 is 0. The molecule has 2 aliphatic carbocycles. The van der Waals surface area contributed by atoms with Gasteiger partial charge in [0.15, 0.2) is 0 Å². The summed E-state index contributed by atoms with van der Waals surface area (Å²) in [5, 5.41) is 14.5. The third-order valence-corrected chi connectivity index (χ3v) is 9.78. The number of hydrogen-bond donors (Lipinski definition) is 2. The Hall–Kier alpha value is -3.62. The average Bonchev–Trinajstić information content (AvgIpc) is 3.65. The first-order chi connectivity index (χ1) is 18.9. The summed E-state index contributed by atoms with van der Waals surface area (Å²) in [5.74, 6) is -4.65. The number of carbonyl (C=O) groups is 4. The second-order valence-corrected chi connectivity index (χ2v) is 13.4. The molecule has 0 bridgehead atoms. The highest BCUT2D eigenvalue weighted by atomic mass is 19.4. The van der Waals surface area contributed by atoms with Crippen LogP contribution in [-0.2, 0) is 19.2 Å². The minimum atomic E-state index is -5.18. The van der Waals surface area contributed by atoms with Gasteiger partial charge in [-0.2, -0.15) is 18.4 Å². The lowest BCUT2D eigenvalue weighted by molar-refractivity contribution is -0.176. The molecular weight excluding hydrogens is 539 g/mol. The van der Waals surface area contributed by atoms with Gasteiger partial charge in [0, 0.05) is 30.1 Å². The summed E-state index contributed by atoms with van der Waals surface area (Å²) in [7, 11) is 1.65. The summed E-state index contributed by atoms with van der Waals surface area (Å²) in [4.78, 5) is 55.4. The van der Waals surface area contributed by atoms with Crippen LogP contribution in [0, 0.1) is 33.5 Å². The van der Waals surface area contributed by atoms with Crippen LogP contribution < -0.4 is 15.5 Å². The van der Waals surface area contributed by atoms with Gasteiger partial charge in [0.05, 0.1) is 12.0 Å². The first-order valence-electron chi connectivity index (χ1n) is 13.7. The van der Waals surface area contributed by atoms with Gasteiger partial charge in [0.25, 0.3) is 0 Å². The number of amides is 4. The minimum absolute atomic E-state index is 0.0258. The van der Waals surface area contributed by atoms with Gasteiger partial charge in [-0.1, -0.05) is 52.8 Å². The number of benzene rings is 1. The predicted molar refractivity (Wildman–Crippen MR) is 141 cm³/mol. The number of nitriles is 1. The number of carbonyl (C=O) groups excluding carboxylic acids is 4. The number of para-hydroxylation sites is 1. The van der Waals surface area contributed by atoms with Gasteiger partial charge in [-0.05, 0) is 35.3 Å². The van der Waals surface area contributed by atoms with Crippen LogP contribution in [0.25, 0.3) is 0 Å². The lowest BCUT2D eigenvalue weighted by Gasteiger charge is -2.38. The third-order valence-electron chi connectivity index (χ3n) is 9.78. The second-order valence-electron chi connectivity index (χ2n) is 13.4. The SMILES string of the molecule is CN1C(=O)C(C[C@H](C#N)NC(=O)[C@@H]2[C@H]3C(C)(C)[C@@]34C[C@H]4N2C(=O)[C@@H](NC(=O)C(F)(F)F)C(C)(C)C)c2ccccc21. The molecule has 2 aliphatic heterocycles. The van der Waals surface area contributed by atoms with E-state index in [4.69, 9.17) is 0 Å². The number of likely N-dealkylation sites (tertiary alicyclic amines) is 1. The number of fused-ring (bicyclic) bond motifs is 1. The van der Waals surface area contributed by atoms with Crippen molar-refractivity contribution in [1.29, 1.82) is 5.26 Å². The Balaban J connectivity index is 1.39. The van der Waals surface area contributed by atoms with Crippen LogP contribution in [-0.4, -0.2) is 65.9 Å². The van der Waals surface area contributed by atoms with Gasteiger partial charge in [-0.15, -0.1) is 0 Å². The molecule has 2 N–H and O–H groups in total. The van der Waals surface area contributed by atoms with E-state index in [1.807, 2.05) is 19.2 Å². The van der Waals surface area contributed by atoms with Crippen molar-refractivity contribution in [2.75, 3.05) is 11.9 Å². The van der Waals surface area contributed by atoms with Crippen molar-refractivity contribution in [3.05, 3.63) is 29.8 Å². The van der Waals surface area contributed by atoms with Gasteiger partial charge in [-0.25, -0.2) is 0 Å². The molecule has 3 fully saturated rings. The quantitative estimate of drug-likeness (QED) is 0.542. The lowest BCUT2D eigenvalue weighted by atomic mass is 9.85. The van der Waals surface area contributed by atoms with Crippen LogP contribution >= 0.6 is 0 Å². The number of piperidine rings is 2. The highest BCUT2D eigenvalue weighted by Gasteiger charge is 2.92. The maximum Gasteiger partial charge on any atom is 0.471 e. The first-order valence-corrected chi connectivity index (χ1v) is 13.7. The monoisotopic (exact) mass is 573 g/mol.